The van der Waals surface area contributed by atoms with Crippen molar-refractivity contribution in [2.45, 2.75) is 89.3 Å². The third kappa shape index (κ3) is 5.26. The molecule has 2 aliphatic heterocycles. The second kappa shape index (κ2) is 10.3. The molecule has 2 saturated heterocycles. The number of fused-ring (bicyclic) bond motifs is 1. The predicted octanol–water partition coefficient (Wildman–Crippen LogP) is 4.69. The monoisotopic (exact) mass is 537 g/mol. The molecule has 0 radical (unpaired) electrons. The van der Waals surface area contributed by atoms with E-state index >= 15 is 0 Å². The highest BCUT2D eigenvalue weighted by Crippen LogP contribution is 2.47. The van der Waals surface area contributed by atoms with Crippen molar-refractivity contribution in [3.8, 4) is 6.07 Å². The lowest BCUT2D eigenvalue weighted by Gasteiger charge is -2.35. The van der Waals surface area contributed by atoms with E-state index in [2.05, 4.69) is 21.7 Å². The molecule has 202 valence electrons. The van der Waals surface area contributed by atoms with Gasteiger partial charge < -0.3 is 20.5 Å². The molecule has 1 aromatic carbocycles. The van der Waals surface area contributed by atoms with Crippen LogP contribution in [-0.4, -0.2) is 51.8 Å². The first-order valence-electron chi connectivity index (χ1n) is 13.7. The zero-order valence-corrected chi connectivity index (χ0v) is 22.9. The number of aromatic nitrogens is 1. The van der Waals surface area contributed by atoms with Crippen LogP contribution in [-0.2, 0) is 9.59 Å². The van der Waals surface area contributed by atoms with E-state index in [4.69, 9.17) is 11.6 Å². The van der Waals surface area contributed by atoms with Crippen LogP contribution in [0.2, 0.25) is 5.02 Å². The van der Waals surface area contributed by atoms with E-state index in [1.165, 1.54) is 6.42 Å². The normalized spacial score (nSPS) is 25.1. The Morgan fingerprint density at radius 2 is 2.00 bits per heavy atom. The summed E-state index contributed by atoms with van der Waals surface area (Å²) in [4.78, 5) is 44.9. The number of likely N-dealkylation sites (tertiary alicyclic amines) is 1. The third-order valence-corrected chi connectivity index (χ3v) is 9.08. The molecule has 3 heterocycles. The number of benzene rings is 1. The predicted molar refractivity (Wildman–Crippen MR) is 145 cm³/mol. The summed E-state index contributed by atoms with van der Waals surface area (Å²) in [6, 6.07) is 8.00. The minimum Gasteiger partial charge on any atom is -0.351 e. The fourth-order valence-electron chi connectivity index (χ4n) is 6.64. The Balaban J connectivity index is 1.35. The molecule has 2 unspecified atom stereocenters. The number of nitrogens with one attached hydrogen (secondary N) is 3. The largest absolute Gasteiger partial charge is 0.351 e. The first-order chi connectivity index (χ1) is 18.1. The summed E-state index contributed by atoms with van der Waals surface area (Å²) < 4.78 is 0. The quantitative estimate of drug-likeness (QED) is 0.512. The van der Waals surface area contributed by atoms with Crippen molar-refractivity contribution < 1.29 is 14.4 Å². The standard InChI is InChI=1S/C29H36ClN5O3/c1-28(2)12-9-19(25(36)34-28)13-20(16-31)32-26(37)23-15-29(10-4-3-5-11-29)17-35(23)27(38)22-14-18-7-6-8-21(30)24(18)33-22/h6-8,14,19-20,23,33H,3-5,9-13,15,17H2,1-2H3,(H,32,37)(H,34,36)/t19?,20-,23?/m0/s1. The molecule has 1 aromatic heterocycles. The number of H-pyrrole nitrogens is 1. The number of rotatable bonds is 5. The highest BCUT2D eigenvalue weighted by molar-refractivity contribution is 6.35. The van der Waals surface area contributed by atoms with Crippen molar-refractivity contribution in [1.82, 2.24) is 20.5 Å². The minimum atomic E-state index is -0.800. The van der Waals surface area contributed by atoms with Crippen molar-refractivity contribution in [3.05, 3.63) is 35.0 Å². The van der Waals surface area contributed by atoms with E-state index in [1.807, 2.05) is 26.0 Å². The Bertz CT molecular complexity index is 1290. The van der Waals surface area contributed by atoms with Gasteiger partial charge in [-0.2, -0.15) is 5.26 Å². The van der Waals surface area contributed by atoms with Crippen LogP contribution in [0.1, 0.15) is 82.1 Å². The van der Waals surface area contributed by atoms with E-state index in [0.717, 1.165) is 37.5 Å². The lowest BCUT2D eigenvalue weighted by Crippen LogP contribution is -2.53. The van der Waals surface area contributed by atoms with E-state index in [-0.39, 0.29) is 41.0 Å². The van der Waals surface area contributed by atoms with Crippen molar-refractivity contribution >= 4 is 40.2 Å². The zero-order chi connectivity index (χ0) is 27.1. The molecule has 3 N–H and O–H groups in total. The number of carbonyl (C=O) groups is 3. The van der Waals surface area contributed by atoms with E-state index in [9.17, 15) is 19.6 Å². The lowest BCUT2D eigenvalue weighted by molar-refractivity contribution is -0.130. The molecular weight excluding hydrogens is 502 g/mol. The molecule has 1 saturated carbocycles. The van der Waals surface area contributed by atoms with Crippen molar-refractivity contribution in [3.63, 3.8) is 0 Å². The highest BCUT2D eigenvalue weighted by atomic mass is 35.5. The summed E-state index contributed by atoms with van der Waals surface area (Å²) in [5, 5.41) is 17.1. The van der Waals surface area contributed by atoms with E-state index < -0.39 is 12.1 Å². The number of aromatic amines is 1. The summed E-state index contributed by atoms with van der Waals surface area (Å²) >= 11 is 6.33. The summed E-state index contributed by atoms with van der Waals surface area (Å²) in [6.45, 7) is 4.49. The second-order valence-electron chi connectivity index (χ2n) is 12.1. The molecule has 0 bridgehead atoms. The molecule has 8 nitrogen and oxygen atoms in total. The van der Waals surface area contributed by atoms with Crippen LogP contribution >= 0.6 is 11.6 Å². The van der Waals surface area contributed by atoms with Gasteiger partial charge >= 0.3 is 0 Å². The molecule has 3 amide bonds. The Labute approximate surface area is 228 Å². The summed E-state index contributed by atoms with van der Waals surface area (Å²) in [5.74, 6) is -0.956. The maximum Gasteiger partial charge on any atom is 0.271 e. The van der Waals surface area contributed by atoms with Gasteiger partial charge in [0.1, 0.15) is 17.8 Å². The van der Waals surface area contributed by atoms with E-state index in [0.29, 0.717) is 35.6 Å². The van der Waals surface area contributed by atoms with Crippen molar-refractivity contribution in [1.29, 1.82) is 5.26 Å². The van der Waals surface area contributed by atoms with E-state index in [1.54, 1.807) is 17.0 Å². The smallest absolute Gasteiger partial charge is 0.271 e. The van der Waals surface area contributed by atoms with Crippen LogP contribution in [0.25, 0.3) is 10.9 Å². The van der Waals surface area contributed by atoms with Crippen molar-refractivity contribution in [2.24, 2.45) is 11.3 Å². The number of carbonyl (C=O) groups excluding carboxylic acids is 3. The van der Waals surface area contributed by atoms with Gasteiger partial charge in [0.15, 0.2) is 0 Å². The average molecular weight is 538 g/mol. The number of para-hydroxylation sites is 1. The van der Waals surface area contributed by atoms with Crippen LogP contribution in [0, 0.1) is 22.7 Å². The molecule has 3 fully saturated rings. The lowest BCUT2D eigenvalue weighted by atomic mass is 9.72. The summed E-state index contributed by atoms with van der Waals surface area (Å²) in [7, 11) is 0. The summed E-state index contributed by atoms with van der Waals surface area (Å²) in [6.07, 6.45) is 7.66. The molecule has 3 atom stereocenters. The second-order valence-corrected chi connectivity index (χ2v) is 12.5. The first-order valence-corrected chi connectivity index (χ1v) is 14.1. The van der Waals surface area contributed by atoms with Gasteiger partial charge in [0.05, 0.1) is 16.6 Å². The van der Waals surface area contributed by atoms with Crippen LogP contribution in [0.5, 0.6) is 0 Å². The maximum absolute atomic E-state index is 13.8. The maximum atomic E-state index is 13.8. The average Bonchev–Trinajstić information content (AvgIpc) is 3.48. The Kier molecular flexibility index (Phi) is 7.17. The van der Waals surface area contributed by atoms with Gasteiger partial charge in [0.25, 0.3) is 5.91 Å². The SMILES string of the molecule is CC1(C)CCC(C[C@@H](C#N)NC(=O)C2CC3(CCCCC3)CN2C(=O)c2cc3cccc(Cl)c3[nH]2)C(=O)N1. The Hall–Kier alpha value is -3.05. The molecule has 5 rings (SSSR count). The number of hydrogen-bond acceptors (Lipinski definition) is 4. The molecule has 1 spiro atoms. The number of nitrogens with zero attached hydrogens (tertiary/aromatic N) is 2. The van der Waals surface area contributed by atoms with Gasteiger partial charge in [-0.3, -0.25) is 14.4 Å². The van der Waals surface area contributed by atoms with Crippen LogP contribution in [0.3, 0.4) is 0 Å². The topological polar surface area (TPSA) is 118 Å². The van der Waals surface area contributed by atoms with Gasteiger partial charge in [-0.25, -0.2) is 0 Å². The minimum absolute atomic E-state index is 0.0768. The molecule has 3 aliphatic rings. The highest BCUT2D eigenvalue weighted by Gasteiger charge is 2.49. The Morgan fingerprint density at radius 3 is 2.68 bits per heavy atom. The van der Waals surface area contributed by atoms with Gasteiger partial charge in [-0.05, 0) is 69.9 Å². The Morgan fingerprint density at radius 1 is 1.24 bits per heavy atom. The fraction of sp³-hybridized carbons (Fsp3) is 0.586. The van der Waals surface area contributed by atoms with Crippen LogP contribution in [0.4, 0.5) is 0 Å². The molecular formula is C29H36ClN5O3. The van der Waals surface area contributed by atoms with Crippen molar-refractivity contribution in [2.75, 3.05) is 6.54 Å². The number of amides is 3. The number of piperidine rings is 1. The number of halogens is 1. The van der Waals surface area contributed by atoms with Crippen LogP contribution < -0.4 is 10.6 Å². The number of nitriles is 1. The first kappa shape index (κ1) is 26.6. The fourth-order valence-corrected chi connectivity index (χ4v) is 6.87. The van der Waals surface area contributed by atoms with Gasteiger partial charge in [0, 0.05) is 23.4 Å². The molecule has 1 aliphatic carbocycles. The zero-order valence-electron chi connectivity index (χ0n) is 22.1. The number of hydrogen-bond donors (Lipinski definition) is 3. The van der Waals surface area contributed by atoms with Gasteiger partial charge in [-0.15, -0.1) is 0 Å². The molecule has 9 heteroatoms. The van der Waals surface area contributed by atoms with Gasteiger partial charge in [-0.1, -0.05) is 43.0 Å². The van der Waals surface area contributed by atoms with Crippen LogP contribution in [0.15, 0.2) is 24.3 Å². The van der Waals surface area contributed by atoms with Gasteiger partial charge in [0.2, 0.25) is 11.8 Å². The molecule has 38 heavy (non-hydrogen) atoms. The summed E-state index contributed by atoms with van der Waals surface area (Å²) in [5.41, 5.74) is 0.752. The molecule has 2 aromatic rings. The third-order valence-electron chi connectivity index (χ3n) is 8.76.